The van der Waals surface area contributed by atoms with Gasteiger partial charge in [0.2, 0.25) is 0 Å². The van der Waals surface area contributed by atoms with Gasteiger partial charge in [0.25, 0.3) is 10.2 Å². The molecule has 0 saturated carbocycles. The molecule has 122 valence electrons. The Labute approximate surface area is 133 Å². The maximum atomic E-state index is 13.1. The lowest BCUT2D eigenvalue weighted by atomic mass is 10.1. The minimum Gasteiger partial charge on any atom is -0.303 e. The van der Waals surface area contributed by atoms with E-state index in [1.807, 2.05) is 30.3 Å². The Hall–Kier alpha value is -0.950. The monoisotopic (exact) mass is 323 g/mol. The van der Waals surface area contributed by atoms with E-state index in [9.17, 15) is 8.42 Å². The summed E-state index contributed by atoms with van der Waals surface area (Å²) in [5, 5.41) is 0. The molecule has 2 heterocycles. The highest BCUT2D eigenvalue weighted by Gasteiger charge is 2.38. The van der Waals surface area contributed by atoms with Gasteiger partial charge in [-0.05, 0) is 25.5 Å². The van der Waals surface area contributed by atoms with Gasteiger partial charge in [0.05, 0.1) is 6.04 Å². The standard InChI is InChI=1S/C16H25N3O2S/c1-17-12-13-19(16(14-17)15-8-4-2-5-9-15)22(20,21)18-10-6-3-7-11-18/h2,4-5,8-9,16H,3,6-7,10-14H2,1H3/t16-/m0/s1. The fourth-order valence-electron chi connectivity index (χ4n) is 3.37. The molecule has 6 heteroatoms. The Morgan fingerprint density at radius 1 is 0.955 bits per heavy atom. The molecule has 1 aromatic carbocycles. The normalized spacial score (nSPS) is 26.1. The van der Waals surface area contributed by atoms with Crippen molar-refractivity contribution in [1.82, 2.24) is 13.5 Å². The number of benzene rings is 1. The molecule has 2 saturated heterocycles. The molecule has 3 rings (SSSR count). The van der Waals surface area contributed by atoms with E-state index in [0.29, 0.717) is 19.6 Å². The molecule has 0 unspecified atom stereocenters. The van der Waals surface area contributed by atoms with Gasteiger partial charge in [0.1, 0.15) is 0 Å². The third-order valence-corrected chi connectivity index (χ3v) is 6.70. The van der Waals surface area contributed by atoms with E-state index in [1.165, 1.54) is 0 Å². The molecule has 5 nitrogen and oxygen atoms in total. The third kappa shape index (κ3) is 3.20. The molecule has 2 fully saturated rings. The van der Waals surface area contributed by atoms with Crippen LogP contribution in [0.5, 0.6) is 0 Å². The van der Waals surface area contributed by atoms with Gasteiger partial charge in [0, 0.05) is 32.7 Å². The van der Waals surface area contributed by atoms with Gasteiger partial charge >= 0.3 is 0 Å². The van der Waals surface area contributed by atoms with Crippen molar-refractivity contribution in [2.45, 2.75) is 25.3 Å². The van der Waals surface area contributed by atoms with Crippen LogP contribution >= 0.6 is 0 Å². The van der Waals surface area contributed by atoms with Crippen LogP contribution < -0.4 is 0 Å². The van der Waals surface area contributed by atoms with Crippen molar-refractivity contribution in [1.29, 1.82) is 0 Å². The van der Waals surface area contributed by atoms with Crippen molar-refractivity contribution in [2.24, 2.45) is 0 Å². The van der Waals surface area contributed by atoms with Crippen molar-refractivity contribution in [3.63, 3.8) is 0 Å². The lowest BCUT2D eigenvalue weighted by Gasteiger charge is -2.42. The zero-order chi connectivity index (χ0) is 15.6. The first kappa shape index (κ1) is 15.9. The molecule has 1 atom stereocenters. The smallest absolute Gasteiger partial charge is 0.282 e. The fraction of sp³-hybridized carbons (Fsp3) is 0.625. The van der Waals surface area contributed by atoms with Crippen molar-refractivity contribution in [2.75, 3.05) is 39.8 Å². The molecule has 22 heavy (non-hydrogen) atoms. The first-order valence-electron chi connectivity index (χ1n) is 8.09. The number of hydrogen-bond donors (Lipinski definition) is 0. The molecule has 0 aliphatic carbocycles. The summed E-state index contributed by atoms with van der Waals surface area (Å²) in [7, 11) is -1.31. The lowest BCUT2D eigenvalue weighted by molar-refractivity contribution is 0.150. The zero-order valence-corrected chi connectivity index (χ0v) is 14.0. The molecule has 2 aliphatic heterocycles. The van der Waals surface area contributed by atoms with Crippen molar-refractivity contribution >= 4 is 10.2 Å². The van der Waals surface area contributed by atoms with Crippen LogP contribution in [0.3, 0.4) is 0 Å². The molecule has 0 radical (unpaired) electrons. The number of piperazine rings is 1. The van der Waals surface area contributed by atoms with Gasteiger partial charge in [-0.1, -0.05) is 36.8 Å². The van der Waals surface area contributed by atoms with E-state index < -0.39 is 10.2 Å². The summed E-state index contributed by atoms with van der Waals surface area (Å²) < 4.78 is 29.5. The van der Waals surface area contributed by atoms with Crippen molar-refractivity contribution in [3.05, 3.63) is 35.9 Å². The molecule has 0 bridgehead atoms. The van der Waals surface area contributed by atoms with Gasteiger partial charge in [0.15, 0.2) is 0 Å². The van der Waals surface area contributed by atoms with Crippen LogP contribution in [0.15, 0.2) is 30.3 Å². The second-order valence-electron chi connectivity index (χ2n) is 6.27. The molecular formula is C16H25N3O2S. The largest absolute Gasteiger partial charge is 0.303 e. The SMILES string of the molecule is CN1CCN(S(=O)(=O)N2CCCCC2)[C@H](c2ccccc2)C1. The van der Waals surface area contributed by atoms with Gasteiger partial charge in [-0.2, -0.15) is 17.0 Å². The Bertz CT molecular complexity index is 585. The average Bonchev–Trinajstić information content (AvgIpc) is 2.56. The molecule has 0 spiro atoms. The summed E-state index contributed by atoms with van der Waals surface area (Å²) in [5.74, 6) is 0. The molecule has 1 aromatic rings. The van der Waals surface area contributed by atoms with Gasteiger partial charge < -0.3 is 4.90 Å². The summed E-state index contributed by atoms with van der Waals surface area (Å²) >= 11 is 0. The quantitative estimate of drug-likeness (QED) is 0.850. The maximum absolute atomic E-state index is 13.1. The Balaban J connectivity index is 1.89. The molecule has 0 N–H and O–H groups in total. The van der Waals surface area contributed by atoms with E-state index in [0.717, 1.165) is 37.9 Å². The van der Waals surface area contributed by atoms with E-state index in [1.54, 1.807) is 8.61 Å². The van der Waals surface area contributed by atoms with Gasteiger partial charge in [-0.25, -0.2) is 0 Å². The van der Waals surface area contributed by atoms with Gasteiger partial charge in [-0.15, -0.1) is 0 Å². The molecule has 0 aromatic heterocycles. The maximum Gasteiger partial charge on any atom is 0.282 e. The van der Waals surface area contributed by atoms with Crippen LogP contribution in [0, 0.1) is 0 Å². The predicted molar refractivity (Wildman–Crippen MR) is 87.7 cm³/mol. The number of hydrogen-bond acceptors (Lipinski definition) is 3. The second-order valence-corrected chi connectivity index (χ2v) is 8.15. The van der Waals surface area contributed by atoms with Gasteiger partial charge in [-0.3, -0.25) is 0 Å². The summed E-state index contributed by atoms with van der Waals surface area (Å²) in [6.45, 7) is 3.43. The Morgan fingerprint density at radius 2 is 1.64 bits per heavy atom. The zero-order valence-electron chi connectivity index (χ0n) is 13.2. The number of piperidine rings is 1. The van der Waals surface area contributed by atoms with E-state index in [2.05, 4.69) is 11.9 Å². The summed E-state index contributed by atoms with van der Waals surface area (Å²) in [6.07, 6.45) is 3.09. The van der Waals surface area contributed by atoms with E-state index >= 15 is 0 Å². The number of nitrogens with zero attached hydrogens (tertiary/aromatic N) is 3. The summed E-state index contributed by atoms with van der Waals surface area (Å²) in [6, 6.07) is 9.91. The Kier molecular flexibility index (Phi) is 4.82. The minimum absolute atomic E-state index is 0.0909. The number of rotatable bonds is 3. The van der Waals surface area contributed by atoms with Crippen molar-refractivity contribution < 1.29 is 8.42 Å². The first-order chi connectivity index (χ1) is 10.6. The molecular weight excluding hydrogens is 298 g/mol. The number of likely N-dealkylation sites (N-methyl/N-ethyl adjacent to an activating group) is 1. The topological polar surface area (TPSA) is 43.9 Å². The summed E-state index contributed by atoms with van der Waals surface area (Å²) in [5.41, 5.74) is 1.08. The highest BCUT2D eigenvalue weighted by molar-refractivity contribution is 7.86. The fourth-order valence-corrected chi connectivity index (χ4v) is 5.21. The van der Waals surface area contributed by atoms with E-state index in [4.69, 9.17) is 0 Å². The molecule has 2 aliphatic rings. The van der Waals surface area contributed by atoms with Crippen LogP contribution in [-0.4, -0.2) is 61.7 Å². The van der Waals surface area contributed by atoms with Crippen LogP contribution in [0.4, 0.5) is 0 Å². The molecule has 0 amide bonds. The minimum atomic E-state index is -3.37. The first-order valence-corrected chi connectivity index (χ1v) is 9.49. The van der Waals surface area contributed by atoms with Crippen molar-refractivity contribution in [3.8, 4) is 0 Å². The lowest BCUT2D eigenvalue weighted by Crippen LogP contribution is -2.54. The third-order valence-electron chi connectivity index (χ3n) is 4.66. The summed E-state index contributed by atoms with van der Waals surface area (Å²) in [4.78, 5) is 2.21. The van der Waals surface area contributed by atoms with E-state index in [-0.39, 0.29) is 6.04 Å². The van der Waals surface area contributed by atoms with Crippen LogP contribution in [0.25, 0.3) is 0 Å². The highest BCUT2D eigenvalue weighted by atomic mass is 32.2. The second kappa shape index (κ2) is 6.66. The Morgan fingerprint density at radius 3 is 2.32 bits per heavy atom. The highest BCUT2D eigenvalue weighted by Crippen LogP contribution is 2.30. The van der Waals surface area contributed by atoms with Crippen LogP contribution in [0.1, 0.15) is 30.9 Å². The average molecular weight is 323 g/mol. The van der Waals surface area contributed by atoms with Crippen LogP contribution in [-0.2, 0) is 10.2 Å². The van der Waals surface area contributed by atoms with Crippen LogP contribution in [0.2, 0.25) is 0 Å². The predicted octanol–water partition coefficient (Wildman–Crippen LogP) is 1.71.